The first-order chi connectivity index (χ1) is 20.9. The van der Waals surface area contributed by atoms with E-state index in [0.29, 0.717) is 12.0 Å². The van der Waals surface area contributed by atoms with E-state index >= 15 is 0 Å². The highest BCUT2D eigenvalue weighted by atomic mass is 32.2. The zero-order chi connectivity index (χ0) is 32.0. The third-order valence-electron chi connectivity index (χ3n) is 7.19. The number of rotatable bonds is 13. The molecule has 0 saturated heterocycles. The molecule has 4 aromatic rings. The third-order valence-corrected chi connectivity index (χ3v) is 9.30. The Kier molecular flexibility index (Phi) is 10.2. The van der Waals surface area contributed by atoms with Gasteiger partial charge in [0.05, 0.1) is 11.4 Å². The molecule has 4 rings (SSSR count). The van der Waals surface area contributed by atoms with Crippen LogP contribution in [0.2, 0.25) is 0 Å². The monoisotopic (exact) mass is 635 g/mol. The summed E-state index contributed by atoms with van der Waals surface area (Å²) < 4.78 is 36.0. The van der Waals surface area contributed by atoms with Crippen molar-refractivity contribution in [3.8, 4) is 0 Å². The molecule has 1 atom stereocenters. The molecule has 0 saturated carbocycles. The van der Waals surface area contributed by atoms with Crippen molar-refractivity contribution in [2.75, 3.05) is 18.6 Å². The number of sulfonamides is 1. The van der Waals surface area contributed by atoms with Gasteiger partial charge in [-0.1, -0.05) is 57.7 Å². The van der Waals surface area contributed by atoms with Gasteiger partial charge >= 0.3 is 0 Å². The van der Waals surface area contributed by atoms with Gasteiger partial charge in [-0.2, -0.15) is 5.10 Å². The van der Waals surface area contributed by atoms with Gasteiger partial charge in [0.25, 0.3) is 21.8 Å². The number of benzene rings is 2. The highest BCUT2D eigenvalue weighted by Crippen LogP contribution is 2.35. The van der Waals surface area contributed by atoms with Crippen LogP contribution in [-0.2, 0) is 31.5 Å². The first-order valence-electron chi connectivity index (χ1n) is 14.0. The molecular formula is C32H37N5O5S2. The SMILES string of the molecule is C=Cc1cc(C(=O)N(c2nccs2)C(CCCOC)(Cn2cccn2)C(=O)NS(=O)(=O)c2ccccc2)ccc1C(C)(C)C. The fourth-order valence-corrected chi connectivity index (χ4v) is 6.86. The fourth-order valence-electron chi connectivity index (χ4n) is 5.06. The lowest BCUT2D eigenvalue weighted by Crippen LogP contribution is -2.64. The number of anilines is 1. The van der Waals surface area contributed by atoms with Crippen molar-refractivity contribution in [1.29, 1.82) is 0 Å². The number of ether oxygens (including phenoxy) is 1. The topological polar surface area (TPSA) is 123 Å². The van der Waals surface area contributed by atoms with Crippen LogP contribution in [0, 0.1) is 0 Å². The first-order valence-corrected chi connectivity index (χ1v) is 16.4. The van der Waals surface area contributed by atoms with E-state index in [1.807, 2.05) is 6.07 Å². The van der Waals surface area contributed by atoms with Crippen LogP contribution in [0.25, 0.3) is 6.08 Å². The molecule has 0 aliphatic rings. The number of hydrogen-bond donors (Lipinski definition) is 1. The van der Waals surface area contributed by atoms with Crippen molar-refractivity contribution in [3.63, 3.8) is 0 Å². The third kappa shape index (κ3) is 7.15. The van der Waals surface area contributed by atoms with Crippen LogP contribution in [0.3, 0.4) is 0 Å². The van der Waals surface area contributed by atoms with E-state index in [2.05, 4.69) is 42.2 Å². The number of nitrogens with one attached hydrogen (secondary N) is 1. The van der Waals surface area contributed by atoms with Crippen molar-refractivity contribution in [1.82, 2.24) is 19.5 Å². The fraction of sp³-hybridized carbons (Fsp3) is 0.312. The quantitative estimate of drug-likeness (QED) is 0.198. The van der Waals surface area contributed by atoms with E-state index in [4.69, 9.17) is 4.74 Å². The predicted octanol–water partition coefficient (Wildman–Crippen LogP) is 5.30. The van der Waals surface area contributed by atoms with Crippen LogP contribution >= 0.6 is 11.3 Å². The number of thiazole rings is 1. The molecule has 2 aromatic heterocycles. The Labute approximate surface area is 262 Å². The normalized spacial score (nSPS) is 13.2. The smallest absolute Gasteiger partial charge is 0.264 e. The summed E-state index contributed by atoms with van der Waals surface area (Å²) in [6.07, 6.45) is 6.80. The standard InChI is InChI=1S/C32H37N5O5S2/c1-6-24-22-25(14-15-27(24)31(2,3)4)28(38)37(30-33-18-21-43-30)32(16-10-20-42-5,23-36-19-11-17-34-36)29(39)35-44(40,41)26-12-8-7-9-13-26/h6-9,11-15,17-19,21-22H,1,10,16,20,23H2,2-5H3,(H,35,39). The lowest BCUT2D eigenvalue weighted by Gasteiger charge is -2.41. The van der Waals surface area contributed by atoms with Crippen molar-refractivity contribution >= 4 is 44.4 Å². The van der Waals surface area contributed by atoms with Crippen LogP contribution < -0.4 is 9.62 Å². The van der Waals surface area contributed by atoms with E-state index in [1.165, 1.54) is 46.4 Å². The molecule has 0 bridgehead atoms. The number of aromatic nitrogens is 3. The molecule has 0 radical (unpaired) electrons. The van der Waals surface area contributed by atoms with Crippen LogP contribution in [-0.4, -0.2) is 54.3 Å². The summed E-state index contributed by atoms with van der Waals surface area (Å²) in [6, 6.07) is 14.6. The summed E-state index contributed by atoms with van der Waals surface area (Å²) in [7, 11) is -2.77. The second kappa shape index (κ2) is 13.7. The molecule has 44 heavy (non-hydrogen) atoms. The van der Waals surface area contributed by atoms with Crippen molar-refractivity contribution in [2.45, 2.75) is 56.0 Å². The van der Waals surface area contributed by atoms with Gasteiger partial charge in [-0.3, -0.25) is 19.2 Å². The molecule has 0 aliphatic heterocycles. The largest absolute Gasteiger partial charge is 0.385 e. The van der Waals surface area contributed by atoms with Crippen LogP contribution in [0.15, 0.2) is 90.0 Å². The van der Waals surface area contributed by atoms with Gasteiger partial charge in [-0.25, -0.2) is 18.1 Å². The highest BCUT2D eigenvalue weighted by molar-refractivity contribution is 7.90. The second-order valence-electron chi connectivity index (χ2n) is 11.3. The Hall–Kier alpha value is -4.13. The predicted molar refractivity (Wildman–Crippen MR) is 172 cm³/mol. The Morgan fingerprint density at radius 1 is 1.11 bits per heavy atom. The summed E-state index contributed by atoms with van der Waals surface area (Å²) in [4.78, 5) is 34.9. The molecule has 2 aromatic carbocycles. The summed E-state index contributed by atoms with van der Waals surface area (Å²) in [5, 5.41) is 6.24. The van der Waals surface area contributed by atoms with Gasteiger partial charge in [0, 0.05) is 43.3 Å². The molecule has 12 heteroatoms. The van der Waals surface area contributed by atoms with Crippen molar-refractivity contribution in [3.05, 3.63) is 102 Å². The maximum Gasteiger partial charge on any atom is 0.264 e. The number of carbonyl (C=O) groups excluding carboxylic acids is 2. The maximum atomic E-state index is 14.7. The maximum absolute atomic E-state index is 14.7. The minimum absolute atomic E-state index is 0.0382. The number of nitrogens with zero attached hydrogens (tertiary/aromatic N) is 4. The van der Waals surface area contributed by atoms with E-state index in [9.17, 15) is 18.0 Å². The summed E-state index contributed by atoms with van der Waals surface area (Å²) in [5.74, 6) is -1.42. The second-order valence-corrected chi connectivity index (χ2v) is 13.8. The average molecular weight is 636 g/mol. The Morgan fingerprint density at radius 3 is 2.45 bits per heavy atom. The lowest BCUT2D eigenvalue weighted by atomic mass is 9.82. The van der Waals surface area contributed by atoms with E-state index in [-0.39, 0.29) is 35.0 Å². The summed E-state index contributed by atoms with van der Waals surface area (Å²) in [6.45, 7) is 10.3. The zero-order valence-corrected chi connectivity index (χ0v) is 26.9. The Bertz CT molecular complexity index is 1680. The molecule has 2 amide bonds. The minimum atomic E-state index is -4.31. The molecule has 2 heterocycles. The van der Waals surface area contributed by atoms with Gasteiger partial charge in [-0.05, 0) is 59.7 Å². The first kappa shape index (κ1) is 32.8. The number of carbonyl (C=O) groups is 2. The molecule has 0 aliphatic carbocycles. The lowest BCUT2D eigenvalue weighted by molar-refractivity contribution is -0.125. The van der Waals surface area contributed by atoms with Gasteiger partial charge in [0.2, 0.25) is 0 Å². The van der Waals surface area contributed by atoms with Gasteiger partial charge in [0.1, 0.15) is 5.54 Å². The molecule has 0 spiro atoms. The van der Waals surface area contributed by atoms with E-state index in [1.54, 1.807) is 60.2 Å². The molecular weight excluding hydrogens is 599 g/mol. The molecule has 1 unspecified atom stereocenters. The van der Waals surface area contributed by atoms with Crippen LogP contribution in [0.1, 0.15) is 55.1 Å². The van der Waals surface area contributed by atoms with Crippen molar-refractivity contribution in [2.24, 2.45) is 0 Å². The van der Waals surface area contributed by atoms with E-state index < -0.39 is 27.4 Å². The van der Waals surface area contributed by atoms with Crippen LogP contribution in [0.4, 0.5) is 5.13 Å². The molecule has 10 nitrogen and oxygen atoms in total. The number of amides is 2. The highest BCUT2D eigenvalue weighted by Gasteiger charge is 2.50. The van der Waals surface area contributed by atoms with Gasteiger partial charge in [-0.15, -0.1) is 11.3 Å². The Balaban J connectivity index is 1.93. The Morgan fingerprint density at radius 2 is 1.86 bits per heavy atom. The minimum Gasteiger partial charge on any atom is -0.385 e. The number of hydrogen-bond acceptors (Lipinski definition) is 8. The molecule has 0 fully saturated rings. The van der Waals surface area contributed by atoms with Gasteiger partial charge in [0.15, 0.2) is 5.13 Å². The average Bonchev–Trinajstić information content (AvgIpc) is 3.71. The molecule has 1 N–H and O–H groups in total. The van der Waals surface area contributed by atoms with E-state index in [0.717, 1.165) is 11.1 Å². The summed E-state index contributed by atoms with van der Waals surface area (Å²) in [5.41, 5.74) is 0.0576. The van der Waals surface area contributed by atoms with Crippen molar-refractivity contribution < 1.29 is 22.7 Å². The zero-order valence-electron chi connectivity index (χ0n) is 25.3. The summed E-state index contributed by atoms with van der Waals surface area (Å²) >= 11 is 1.17. The number of methoxy groups -OCH3 is 1. The van der Waals surface area contributed by atoms with Crippen LogP contribution in [0.5, 0.6) is 0 Å². The van der Waals surface area contributed by atoms with Gasteiger partial charge < -0.3 is 4.74 Å². The molecule has 232 valence electrons.